The summed E-state index contributed by atoms with van der Waals surface area (Å²) in [6.07, 6.45) is 1.63. The summed E-state index contributed by atoms with van der Waals surface area (Å²) in [5.41, 5.74) is -0.271. The Morgan fingerprint density at radius 1 is 1.35 bits per heavy atom. The lowest BCUT2D eigenvalue weighted by molar-refractivity contribution is 0.0601. The van der Waals surface area contributed by atoms with Gasteiger partial charge in [0.1, 0.15) is 29.4 Å². The number of nitrogens with one attached hydrogen (secondary N) is 2. The van der Waals surface area contributed by atoms with Crippen molar-refractivity contribution in [2.24, 2.45) is 4.99 Å². The third kappa shape index (κ3) is 4.63. The second-order valence-corrected chi connectivity index (χ2v) is 5.73. The molecule has 3 N–H and O–H groups in total. The van der Waals surface area contributed by atoms with Crippen LogP contribution in [0.4, 0.5) is 0 Å². The van der Waals surface area contributed by atoms with Gasteiger partial charge in [0.05, 0.1) is 12.8 Å². The van der Waals surface area contributed by atoms with E-state index in [9.17, 15) is 5.11 Å². The van der Waals surface area contributed by atoms with Crippen molar-refractivity contribution in [2.75, 3.05) is 13.1 Å². The first-order valence-corrected chi connectivity index (χ1v) is 7.77. The standard InChI is InChI=1S/C17H25N3O3/c1-5-18-16(19-10-14-7-6-8-22-14)20-11-17(4,21)15-9-12(2)23-13(15)3/h6-9,21H,5,10-11H2,1-4H3,(H2,18,19,20). The van der Waals surface area contributed by atoms with Crippen LogP contribution in [0.3, 0.4) is 0 Å². The molecule has 2 aromatic heterocycles. The summed E-state index contributed by atoms with van der Waals surface area (Å²) in [5, 5.41) is 17.0. The Bertz CT molecular complexity index is 642. The van der Waals surface area contributed by atoms with Gasteiger partial charge in [-0.3, -0.25) is 0 Å². The van der Waals surface area contributed by atoms with Crippen molar-refractivity contribution in [2.45, 2.75) is 39.8 Å². The predicted molar refractivity (Wildman–Crippen MR) is 89.3 cm³/mol. The Labute approximate surface area is 136 Å². The summed E-state index contributed by atoms with van der Waals surface area (Å²) in [6, 6.07) is 5.57. The highest BCUT2D eigenvalue weighted by molar-refractivity contribution is 5.79. The van der Waals surface area contributed by atoms with E-state index in [0.29, 0.717) is 19.0 Å². The molecule has 0 aliphatic carbocycles. The molecule has 0 fully saturated rings. The molecule has 0 aliphatic rings. The van der Waals surface area contributed by atoms with Crippen LogP contribution in [0.5, 0.6) is 0 Å². The third-order valence-corrected chi connectivity index (χ3v) is 3.54. The number of aliphatic hydroxyl groups is 1. The van der Waals surface area contributed by atoms with Gasteiger partial charge in [0.25, 0.3) is 0 Å². The maximum absolute atomic E-state index is 10.7. The Morgan fingerprint density at radius 2 is 2.13 bits per heavy atom. The van der Waals surface area contributed by atoms with Crippen LogP contribution in [-0.4, -0.2) is 24.2 Å². The summed E-state index contributed by atoms with van der Waals surface area (Å²) in [4.78, 5) is 4.45. The normalized spacial score (nSPS) is 14.6. The topological polar surface area (TPSA) is 82.9 Å². The van der Waals surface area contributed by atoms with Gasteiger partial charge in [0.15, 0.2) is 5.96 Å². The zero-order valence-corrected chi connectivity index (χ0v) is 14.1. The van der Waals surface area contributed by atoms with Crippen molar-refractivity contribution in [3.05, 3.63) is 47.3 Å². The monoisotopic (exact) mass is 319 g/mol. The Hall–Kier alpha value is -2.21. The molecule has 1 unspecified atom stereocenters. The van der Waals surface area contributed by atoms with Gasteiger partial charge in [0.2, 0.25) is 0 Å². The van der Waals surface area contributed by atoms with Crippen molar-refractivity contribution in [3.63, 3.8) is 0 Å². The quantitative estimate of drug-likeness (QED) is 0.563. The first kappa shape index (κ1) is 17.1. The van der Waals surface area contributed by atoms with E-state index in [1.807, 2.05) is 39.0 Å². The first-order chi connectivity index (χ1) is 10.9. The van der Waals surface area contributed by atoms with E-state index in [-0.39, 0.29) is 0 Å². The van der Waals surface area contributed by atoms with Gasteiger partial charge in [-0.15, -0.1) is 0 Å². The lowest BCUT2D eigenvalue weighted by Crippen LogP contribution is -2.44. The molecule has 0 aromatic carbocycles. The van der Waals surface area contributed by atoms with Gasteiger partial charge in [0, 0.05) is 12.1 Å². The van der Waals surface area contributed by atoms with Crippen LogP contribution >= 0.6 is 0 Å². The fourth-order valence-corrected chi connectivity index (χ4v) is 2.42. The fourth-order valence-electron chi connectivity index (χ4n) is 2.42. The number of hydrogen-bond donors (Lipinski definition) is 3. The summed E-state index contributed by atoms with van der Waals surface area (Å²) < 4.78 is 10.8. The molecule has 2 heterocycles. The van der Waals surface area contributed by atoms with Gasteiger partial charge < -0.3 is 24.6 Å². The number of aryl methyl sites for hydroxylation is 2. The van der Waals surface area contributed by atoms with E-state index in [1.165, 1.54) is 0 Å². The second kappa shape index (κ2) is 7.37. The van der Waals surface area contributed by atoms with Crippen LogP contribution in [0.15, 0.2) is 38.3 Å². The lowest BCUT2D eigenvalue weighted by atomic mass is 9.96. The first-order valence-electron chi connectivity index (χ1n) is 7.77. The molecule has 6 nitrogen and oxygen atoms in total. The summed E-state index contributed by atoms with van der Waals surface area (Å²) in [5.74, 6) is 2.93. The number of hydrogen-bond acceptors (Lipinski definition) is 4. The summed E-state index contributed by atoms with van der Waals surface area (Å²) in [7, 11) is 0. The number of furan rings is 2. The van der Waals surface area contributed by atoms with Crippen molar-refractivity contribution in [1.29, 1.82) is 0 Å². The minimum atomic E-state index is -1.05. The molecule has 2 aromatic rings. The molecule has 23 heavy (non-hydrogen) atoms. The van der Waals surface area contributed by atoms with Crippen molar-refractivity contribution >= 4 is 5.96 Å². The SMILES string of the molecule is CCNC(=NCc1ccco1)NCC(C)(O)c1cc(C)oc1C. The summed E-state index contributed by atoms with van der Waals surface area (Å²) in [6.45, 7) is 8.96. The minimum Gasteiger partial charge on any atom is -0.467 e. The van der Waals surface area contributed by atoms with E-state index in [0.717, 1.165) is 29.4 Å². The molecule has 6 heteroatoms. The zero-order chi connectivity index (χ0) is 16.9. The van der Waals surface area contributed by atoms with Gasteiger partial charge in [-0.25, -0.2) is 4.99 Å². The van der Waals surface area contributed by atoms with Crippen LogP contribution < -0.4 is 10.6 Å². The predicted octanol–water partition coefficient (Wildman–Crippen LogP) is 2.45. The third-order valence-electron chi connectivity index (χ3n) is 3.54. The molecule has 0 bridgehead atoms. The van der Waals surface area contributed by atoms with Gasteiger partial charge in [-0.2, -0.15) is 0 Å². The van der Waals surface area contributed by atoms with Gasteiger partial charge in [-0.1, -0.05) is 0 Å². The lowest BCUT2D eigenvalue weighted by Gasteiger charge is -2.24. The van der Waals surface area contributed by atoms with Crippen molar-refractivity contribution in [1.82, 2.24) is 10.6 Å². The highest BCUT2D eigenvalue weighted by Gasteiger charge is 2.27. The number of rotatable bonds is 6. The van der Waals surface area contributed by atoms with E-state index >= 15 is 0 Å². The van der Waals surface area contributed by atoms with Crippen LogP contribution in [0, 0.1) is 13.8 Å². The number of nitrogens with zero attached hydrogens (tertiary/aromatic N) is 1. The molecule has 0 amide bonds. The zero-order valence-electron chi connectivity index (χ0n) is 14.1. The highest BCUT2D eigenvalue weighted by Crippen LogP contribution is 2.26. The maximum atomic E-state index is 10.7. The Morgan fingerprint density at radius 3 is 2.70 bits per heavy atom. The van der Waals surface area contributed by atoms with E-state index < -0.39 is 5.60 Å². The van der Waals surface area contributed by atoms with E-state index in [2.05, 4.69) is 15.6 Å². The van der Waals surface area contributed by atoms with Crippen molar-refractivity contribution < 1.29 is 13.9 Å². The molecule has 0 spiro atoms. The highest BCUT2D eigenvalue weighted by atomic mass is 16.3. The molecule has 0 radical (unpaired) electrons. The molecular formula is C17H25N3O3. The van der Waals surface area contributed by atoms with Gasteiger partial charge in [-0.05, 0) is 45.9 Å². The largest absolute Gasteiger partial charge is 0.467 e. The molecule has 126 valence electrons. The van der Waals surface area contributed by atoms with Crippen molar-refractivity contribution in [3.8, 4) is 0 Å². The van der Waals surface area contributed by atoms with Crippen LogP contribution in [0.1, 0.15) is 36.7 Å². The van der Waals surface area contributed by atoms with E-state index in [1.54, 1.807) is 13.2 Å². The molecule has 1 atom stereocenters. The molecular weight excluding hydrogens is 294 g/mol. The van der Waals surface area contributed by atoms with Crippen LogP contribution in [0.2, 0.25) is 0 Å². The molecule has 0 aliphatic heterocycles. The number of guanidine groups is 1. The smallest absolute Gasteiger partial charge is 0.191 e. The average Bonchev–Trinajstić information content (AvgIpc) is 3.11. The fraction of sp³-hybridized carbons (Fsp3) is 0.471. The summed E-state index contributed by atoms with van der Waals surface area (Å²) >= 11 is 0. The molecule has 2 rings (SSSR count). The second-order valence-electron chi connectivity index (χ2n) is 5.73. The Kier molecular flexibility index (Phi) is 5.50. The average molecular weight is 319 g/mol. The van der Waals surface area contributed by atoms with Crippen LogP contribution in [0.25, 0.3) is 0 Å². The number of aliphatic imine (C=N–C) groups is 1. The van der Waals surface area contributed by atoms with Gasteiger partial charge >= 0.3 is 0 Å². The maximum Gasteiger partial charge on any atom is 0.191 e. The van der Waals surface area contributed by atoms with Crippen LogP contribution in [-0.2, 0) is 12.1 Å². The molecule has 0 saturated heterocycles. The van der Waals surface area contributed by atoms with E-state index in [4.69, 9.17) is 8.83 Å². The minimum absolute atomic E-state index is 0.316. The Balaban J connectivity index is 2.02. The molecule has 0 saturated carbocycles.